The second kappa shape index (κ2) is 6.20. The number of benzene rings is 1. The first-order valence-electron chi connectivity index (χ1n) is 8.37. The summed E-state index contributed by atoms with van der Waals surface area (Å²) < 4.78 is 6.12. The van der Waals surface area contributed by atoms with Crippen LogP contribution in [0, 0.1) is 5.92 Å². The van der Waals surface area contributed by atoms with Crippen molar-refractivity contribution in [1.82, 2.24) is 4.98 Å². The largest absolute Gasteiger partial charge is 0.485 e. The molecule has 0 spiro atoms. The maximum atomic E-state index is 11.4. The lowest BCUT2D eigenvalue weighted by molar-refractivity contribution is -0.142. The highest BCUT2D eigenvalue weighted by Crippen LogP contribution is 2.34. The lowest BCUT2D eigenvalue weighted by Gasteiger charge is -2.25. The number of aliphatic imine (C=N–C) groups is 1. The Morgan fingerprint density at radius 1 is 1.24 bits per heavy atom. The molecule has 0 fully saturated rings. The number of H-pyrrole nitrogens is 1. The summed E-state index contributed by atoms with van der Waals surface area (Å²) in [6.07, 6.45) is 4.14. The predicted octanol–water partition coefficient (Wildman–Crippen LogP) is 2.79. The van der Waals surface area contributed by atoms with Crippen LogP contribution in [-0.2, 0) is 17.6 Å². The predicted molar refractivity (Wildman–Crippen MR) is 92.8 cm³/mol. The SMILES string of the molecule is O=C(O)C1CCc2ccc(OC3CC=Nc4[nH]c(=O)ccc43)cc2C1. The van der Waals surface area contributed by atoms with E-state index < -0.39 is 5.97 Å². The van der Waals surface area contributed by atoms with Gasteiger partial charge >= 0.3 is 5.97 Å². The van der Waals surface area contributed by atoms with E-state index in [-0.39, 0.29) is 17.6 Å². The number of hydrogen-bond acceptors (Lipinski definition) is 4. The van der Waals surface area contributed by atoms with Crippen LogP contribution in [0.15, 0.2) is 40.1 Å². The molecule has 0 bridgehead atoms. The van der Waals surface area contributed by atoms with Gasteiger partial charge in [0.05, 0.1) is 5.92 Å². The van der Waals surface area contributed by atoms with Crippen molar-refractivity contribution in [1.29, 1.82) is 0 Å². The lowest BCUT2D eigenvalue weighted by atomic mass is 9.84. The lowest BCUT2D eigenvalue weighted by Crippen LogP contribution is -2.22. The van der Waals surface area contributed by atoms with E-state index in [1.54, 1.807) is 12.3 Å². The standard InChI is InChI=1S/C19H18N2O4/c22-17-6-5-15-16(7-8-20-18(15)21-17)25-14-4-3-11-1-2-12(19(23)24)9-13(11)10-14/h3-6,8,10,12,16H,1-2,7,9H2,(H,21,22)(H,23,24). The van der Waals surface area contributed by atoms with Gasteiger partial charge in [0, 0.05) is 24.3 Å². The normalized spacial score (nSPS) is 21.3. The molecule has 1 aromatic carbocycles. The van der Waals surface area contributed by atoms with Gasteiger partial charge < -0.3 is 14.8 Å². The second-order valence-electron chi connectivity index (χ2n) is 6.49. The molecule has 0 radical (unpaired) electrons. The Morgan fingerprint density at radius 2 is 2.12 bits per heavy atom. The number of pyridine rings is 1. The van der Waals surface area contributed by atoms with E-state index in [0.717, 1.165) is 17.5 Å². The van der Waals surface area contributed by atoms with E-state index in [1.807, 2.05) is 18.2 Å². The molecule has 2 aliphatic rings. The van der Waals surface area contributed by atoms with Crippen molar-refractivity contribution in [2.24, 2.45) is 10.9 Å². The minimum absolute atomic E-state index is 0.190. The number of aliphatic carboxylic acids is 1. The number of aromatic amines is 1. The van der Waals surface area contributed by atoms with Crippen LogP contribution in [0.4, 0.5) is 5.82 Å². The molecule has 2 atom stereocenters. The number of hydrogen-bond donors (Lipinski definition) is 2. The summed E-state index contributed by atoms with van der Waals surface area (Å²) in [5.74, 6) is 0.184. The smallest absolute Gasteiger partial charge is 0.306 e. The Balaban J connectivity index is 1.58. The minimum atomic E-state index is -0.738. The zero-order valence-corrected chi connectivity index (χ0v) is 13.6. The Morgan fingerprint density at radius 3 is 2.96 bits per heavy atom. The Kier molecular flexibility index (Phi) is 3.87. The number of carboxylic acids is 1. The first kappa shape index (κ1) is 15.6. The van der Waals surface area contributed by atoms with Gasteiger partial charge in [-0.1, -0.05) is 6.07 Å². The molecule has 4 rings (SSSR count). The molecule has 25 heavy (non-hydrogen) atoms. The quantitative estimate of drug-likeness (QED) is 0.900. The summed E-state index contributed by atoms with van der Waals surface area (Å²) in [6.45, 7) is 0. The maximum Gasteiger partial charge on any atom is 0.306 e. The average molecular weight is 338 g/mol. The Bertz CT molecular complexity index is 916. The van der Waals surface area contributed by atoms with Crippen LogP contribution in [0.3, 0.4) is 0 Å². The fourth-order valence-electron chi connectivity index (χ4n) is 3.50. The maximum absolute atomic E-state index is 11.4. The molecule has 2 aromatic rings. The number of aromatic nitrogens is 1. The van der Waals surface area contributed by atoms with Crippen LogP contribution in [-0.4, -0.2) is 22.3 Å². The average Bonchev–Trinajstić information content (AvgIpc) is 2.61. The number of nitrogens with zero attached hydrogens (tertiary/aromatic N) is 1. The molecule has 1 aliphatic carbocycles. The summed E-state index contributed by atoms with van der Waals surface area (Å²) in [6, 6.07) is 9.11. The van der Waals surface area contributed by atoms with Crippen molar-refractivity contribution in [3.8, 4) is 5.75 Å². The molecule has 1 aromatic heterocycles. The highest BCUT2D eigenvalue weighted by Gasteiger charge is 2.25. The molecule has 6 nitrogen and oxygen atoms in total. The van der Waals surface area contributed by atoms with Crippen molar-refractivity contribution in [3.63, 3.8) is 0 Å². The fourth-order valence-corrected chi connectivity index (χ4v) is 3.50. The molecule has 2 N–H and O–H groups in total. The number of fused-ring (bicyclic) bond motifs is 2. The van der Waals surface area contributed by atoms with E-state index in [9.17, 15) is 14.7 Å². The van der Waals surface area contributed by atoms with Gasteiger partial charge in [-0.2, -0.15) is 0 Å². The van der Waals surface area contributed by atoms with E-state index in [2.05, 4.69) is 9.98 Å². The van der Waals surface area contributed by atoms with Gasteiger partial charge in [0.25, 0.3) is 0 Å². The second-order valence-corrected chi connectivity index (χ2v) is 6.49. The molecular weight excluding hydrogens is 320 g/mol. The molecule has 0 saturated carbocycles. The van der Waals surface area contributed by atoms with Crippen molar-refractivity contribution >= 4 is 18.0 Å². The minimum Gasteiger partial charge on any atom is -0.485 e. The number of aryl methyl sites for hydroxylation is 1. The zero-order valence-electron chi connectivity index (χ0n) is 13.6. The monoisotopic (exact) mass is 338 g/mol. The molecule has 6 heteroatoms. The van der Waals surface area contributed by atoms with Crippen molar-refractivity contribution in [3.05, 3.63) is 57.4 Å². The number of carboxylic acid groups (broad SMARTS) is 1. The fraction of sp³-hybridized carbons (Fsp3) is 0.316. The first-order valence-corrected chi connectivity index (χ1v) is 8.37. The molecule has 2 unspecified atom stereocenters. The van der Waals surface area contributed by atoms with Gasteiger partial charge in [-0.25, -0.2) is 4.99 Å². The topological polar surface area (TPSA) is 91.8 Å². The molecule has 1 aliphatic heterocycles. The van der Waals surface area contributed by atoms with Gasteiger partial charge in [0.1, 0.15) is 17.7 Å². The molecule has 2 heterocycles. The Labute approximate surface area is 144 Å². The number of nitrogens with one attached hydrogen (secondary N) is 1. The molecule has 0 amide bonds. The van der Waals surface area contributed by atoms with Crippen molar-refractivity contribution in [2.75, 3.05) is 0 Å². The van der Waals surface area contributed by atoms with Gasteiger partial charge in [-0.15, -0.1) is 0 Å². The van der Waals surface area contributed by atoms with Crippen molar-refractivity contribution < 1.29 is 14.6 Å². The summed E-state index contributed by atoms with van der Waals surface area (Å²) in [5.41, 5.74) is 2.90. The van der Waals surface area contributed by atoms with E-state index >= 15 is 0 Å². The number of carbonyl (C=O) groups is 1. The third-order valence-electron chi connectivity index (χ3n) is 4.85. The van der Waals surface area contributed by atoms with Gasteiger partial charge in [0.2, 0.25) is 5.56 Å². The molecule has 0 saturated heterocycles. The van der Waals surface area contributed by atoms with Gasteiger partial charge in [-0.05, 0) is 48.6 Å². The third-order valence-corrected chi connectivity index (χ3v) is 4.85. The number of rotatable bonds is 3. The first-order chi connectivity index (χ1) is 12.1. The van der Waals surface area contributed by atoms with Gasteiger partial charge in [0.15, 0.2) is 0 Å². The van der Waals surface area contributed by atoms with Crippen LogP contribution >= 0.6 is 0 Å². The van der Waals surface area contributed by atoms with Gasteiger partial charge in [-0.3, -0.25) is 9.59 Å². The third kappa shape index (κ3) is 3.07. The molecular formula is C19H18N2O4. The highest BCUT2D eigenvalue weighted by atomic mass is 16.5. The Hall–Kier alpha value is -2.89. The van der Waals surface area contributed by atoms with Crippen LogP contribution in [0.5, 0.6) is 5.75 Å². The summed E-state index contributed by atoms with van der Waals surface area (Å²) >= 11 is 0. The van der Waals surface area contributed by atoms with Crippen molar-refractivity contribution in [2.45, 2.75) is 31.8 Å². The van der Waals surface area contributed by atoms with Crippen LogP contribution in [0.1, 0.15) is 35.6 Å². The van der Waals surface area contributed by atoms with E-state index in [1.165, 1.54) is 11.6 Å². The zero-order chi connectivity index (χ0) is 17.4. The van der Waals surface area contributed by atoms with E-state index in [0.29, 0.717) is 30.8 Å². The number of ether oxygens (including phenoxy) is 1. The summed E-state index contributed by atoms with van der Waals surface area (Å²) in [7, 11) is 0. The highest BCUT2D eigenvalue weighted by molar-refractivity contribution is 5.71. The summed E-state index contributed by atoms with van der Waals surface area (Å²) in [5, 5.41) is 9.25. The van der Waals surface area contributed by atoms with Crippen LogP contribution < -0.4 is 10.3 Å². The van der Waals surface area contributed by atoms with E-state index in [4.69, 9.17) is 4.74 Å². The summed E-state index contributed by atoms with van der Waals surface area (Å²) in [4.78, 5) is 29.6. The van der Waals surface area contributed by atoms with Crippen LogP contribution in [0.25, 0.3) is 0 Å². The molecule has 128 valence electrons. The van der Waals surface area contributed by atoms with Crippen LogP contribution in [0.2, 0.25) is 0 Å².